The number of benzene rings is 2. The third-order valence-corrected chi connectivity index (χ3v) is 6.57. The maximum absolute atomic E-state index is 13.2. The number of ether oxygens (including phenoxy) is 1. The molecule has 0 spiro atoms. The van der Waals surface area contributed by atoms with Gasteiger partial charge in [0.15, 0.2) is 0 Å². The Labute approximate surface area is 185 Å². The number of hydrogen-bond acceptors (Lipinski definition) is 4. The number of amides is 1. The quantitative estimate of drug-likeness (QED) is 0.703. The van der Waals surface area contributed by atoms with Crippen LogP contribution in [0.1, 0.15) is 44.4 Å². The standard InChI is InChI=1S/C24H32N2O4S/c1-16(2)13-26-21-12-20(9-10-22(21)30-15-24(5,6)23(26)27)25-31(28,29)14-19-11-17(3)7-8-18(19)4/h7-12,16,25H,13-15H2,1-6H3. The number of carbonyl (C=O) groups excluding carboxylic acids is 1. The number of anilines is 2. The smallest absolute Gasteiger partial charge is 0.236 e. The van der Waals surface area contributed by atoms with E-state index >= 15 is 0 Å². The summed E-state index contributed by atoms with van der Waals surface area (Å²) in [4.78, 5) is 14.9. The number of sulfonamides is 1. The number of hydrogen-bond donors (Lipinski definition) is 1. The van der Waals surface area contributed by atoms with E-state index in [1.807, 2.05) is 59.7 Å². The van der Waals surface area contributed by atoms with Gasteiger partial charge in [-0.15, -0.1) is 0 Å². The van der Waals surface area contributed by atoms with Crippen LogP contribution in [0.3, 0.4) is 0 Å². The van der Waals surface area contributed by atoms with Gasteiger partial charge in [-0.2, -0.15) is 0 Å². The lowest BCUT2D eigenvalue weighted by molar-refractivity contribution is -0.127. The van der Waals surface area contributed by atoms with E-state index in [-0.39, 0.29) is 24.2 Å². The molecule has 7 heteroatoms. The summed E-state index contributed by atoms with van der Waals surface area (Å²) in [5.41, 5.74) is 3.05. The minimum atomic E-state index is -3.63. The maximum Gasteiger partial charge on any atom is 0.236 e. The summed E-state index contributed by atoms with van der Waals surface area (Å²) in [6.07, 6.45) is 0. The Kier molecular flexibility index (Phi) is 6.37. The van der Waals surface area contributed by atoms with Crippen LogP contribution in [0.25, 0.3) is 0 Å². The highest BCUT2D eigenvalue weighted by atomic mass is 32.2. The number of carbonyl (C=O) groups is 1. The highest BCUT2D eigenvalue weighted by Gasteiger charge is 2.38. The summed E-state index contributed by atoms with van der Waals surface area (Å²) in [7, 11) is -3.63. The van der Waals surface area contributed by atoms with Gasteiger partial charge in [-0.05, 0) is 62.9 Å². The highest BCUT2D eigenvalue weighted by molar-refractivity contribution is 7.91. The molecular formula is C24H32N2O4S. The van der Waals surface area contributed by atoms with Crippen LogP contribution in [-0.2, 0) is 20.6 Å². The molecular weight excluding hydrogens is 412 g/mol. The molecule has 1 amide bonds. The number of fused-ring (bicyclic) bond motifs is 1. The van der Waals surface area contributed by atoms with E-state index in [1.54, 1.807) is 23.1 Å². The van der Waals surface area contributed by atoms with Crippen molar-refractivity contribution in [1.29, 1.82) is 0 Å². The van der Waals surface area contributed by atoms with Gasteiger partial charge in [0.1, 0.15) is 12.4 Å². The highest BCUT2D eigenvalue weighted by Crippen LogP contribution is 2.39. The first-order valence-electron chi connectivity index (χ1n) is 10.5. The third-order valence-electron chi connectivity index (χ3n) is 5.33. The van der Waals surface area contributed by atoms with Gasteiger partial charge in [0.25, 0.3) is 0 Å². The van der Waals surface area contributed by atoms with E-state index in [2.05, 4.69) is 4.72 Å². The van der Waals surface area contributed by atoms with Crippen LogP contribution < -0.4 is 14.4 Å². The second-order valence-corrected chi connectivity index (χ2v) is 11.2. The average molecular weight is 445 g/mol. The summed E-state index contributed by atoms with van der Waals surface area (Å²) in [6, 6.07) is 10.9. The van der Waals surface area contributed by atoms with E-state index in [0.29, 0.717) is 23.7 Å². The monoisotopic (exact) mass is 444 g/mol. The van der Waals surface area contributed by atoms with Gasteiger partial charge in [-0.3, -0.25) is 9.52 Å². The Morgan fingerprint density at radius 1 is 1.13 bits per heavy atom. The van der Waals surface area contributed by atoms with Crippen LogP contribution in [0.4, 0.5) is 11.4 Å². The predicted octanol–water partition coefficient (Wildman–Crippen LogP) is 4.65. The van der Waals surface area contributed by atoms with E-state index in [0.717, 1.165) is 16.7 Å². The third kappa shape index (κ3) is 5.39. The van der Waals surface area contributed by atoms with Crippen LogP contribution in [0, 0.1) is 25.2 Å². The number of nitrogens with zero attached hydrogens (tertiary/aromatic N) is 1. The Morgan fingerprint density at radius 3 is 2.52 bits per heavy atom. The van der Waals surface area contributed by atoms with Crippen molar-refractivity contribution >= 4 is 27.3 Å². The van der Waals surface area contributed by atoms with Gasteiger partial charge in [0, 0.05) is 6.54 Å². The summed E-state index contributed by atoms with van der Waals surface area (Å²) in [5.74, 6) is 0.679. The first-order chi connectivity index (χ1) is 14.4. The van der Waals surface area contributed by atoms with Crippen LogP contribution >= 0.6 is 0 Å². The number of rotatable bonds is 6. The molecule has 6 nitrogen and oxygen atoms in total. The van der Waals surface area contributed by atoms with E-state index < -0.39 is 15.4 Å². The maximum atomic E-state index is 13.2. The largest absolute Gasteiger partial charge is 0.490 e. The van der Waals surface area contributed by atoms with E-state index in [1.165, 1.54) is 0 Å². The minimum Gasteiger partial charge on any atom is -0.490 e. The van der Waals surface area contributed by atoms with Crippen LogP contribution in [-0.4, -0.2) is 27.5 Å². The van der Waals surface area contributed by atoms with Gasteiger partial charge in [0.05, 0.1) is 22.5 Å². The van der Waals surface area contributed by atoms with Crippen molar-refractivity contribution in [3.63, 3.8) is 0 Å². The molecule has 168 valence electrons. The first kappa shape index (κ1) is 23.1. The number of aryl methyl sites for hydroxylation is 2. The molecule has 1 heterocycles. The zero-order valence-electron chi connectivity index (χ0n) is 19.2. The fourth-order valence-electron chi connectivity index (χ4n) is 3.63. The van der Waals surface area contributed by atoms with Gasteiger partial charge in [0.2, 0.25) is 15.9 Å². The first-order valence-corrected chi connectivity index (χ1v) is 12.2. The molecule has 1 N–H and O–H groups in total. The van der Waals surface area contributed by atoms with Crippen LogP contribution in [0.2, 0.25) is 0 Å². The zero-order chi connectivity index (χ0) is 23.0. The zero-order valence-corrected chi connectivity index (χ0v) is 20.0. The molecule has 0 fully saturated rings. The molecule has 0 atom stereocenters. The lowest BCUT2D eigenvalue weighted by Crippen LogP contribution is -2.43. The summed E-state index contributed by atoms with van der Waals surface area (Å²) in [5, 5.41) is 0. The fourth-order valence-corrected chi connectivity index (χ4v) is 4.91. The normalized spacial score (nSPS) is 16.0. The Morgan fingerprint density at radius 2 is 1.84 bits per heavy atom. The molecule has 2 aromatic rings. The lowest BCUT2D eigenvalue weighted by Gasteiger charge is -2.29. The molecule has 3 rings (SSSR count). The molecule has 1 aliphatic rings. The Bertz CT molecular complexity index is 1090. The Hall–Kier alpha value is -2.54. The van der Waals surface area contributed by atoms with Gasteiger partial charge < -0.3 is 9.64 Å². The number of nitrogens with one attached hydrogen (secondary N) is 1. The second-order valence-electron chi connectivity index (χ2n) is 9.46. The molecule has 0 unspecified atom stereocenters. The van der Waals surface area contributed by atoms with Crippen molar-refractivity contribution in [2.75, 3.05) is 22.8 Å². The van der Waals surface area contributed by atoms with Crippen molar-refractivity contribution in [1.82, 2.24) is 0 Å². The molecule has 2 aromatic carbocycles. The second kappa shape index (κ2) is 8.54. The average Bonchev–Trinajstić information content (AvgIpc) is 2.74. The van der Waals surface area contributed by atoms with Gasteiger partial charge >= 0.3 is 0 Å². The van der Waals surface area contributed by atoms with Crippen molar-refractivity contribution in [2.24, 2.45) is 11.3 Å². The van der Waals surface area contributed by atoms with Crippen molar-refractivity contribution < 1.29 is 17.9 Å². The molecule has 0 aromatic heterocycles. The van der Waals surface area contributed by atoms with Gasteiger partial charge in [-0.1, -0.05) is 37.6 Å². The molecule has 0 saturated carbocycles. The molecule has 0 bridgehead atoms. The topological polar surface area (TPSA) is 75.7 Å². The summed E-state index contributed by atoms with van der Waals surface area (Å²) < 4.78 is 34.3. The SMILES string of the molecule is Cc1ccc(C)c(CS(=O)(=O)Nc2ccc3c(c2)N(CC(C)C)C(=O)C(C)(C)CO3)c1. The van der Waals surface area contributed by atoms with Crippen molar-refractivity contribution in [3.05, 3.63) is 53.1 Å². The van der Waals surface area contributed by atoms with Crippen molar-refractivity contribution in [3.8, 4) is 5.75 Å². The summed E-state index contributed by atoms with van der Waals surface area (Å²) >= 11 is 0. The lowest BCUT2D eigenvalue weighted by atomic mass is 9.92. The molecule has 0 aliphatic carbocycles. The minimum absolute atomic E-state index is 0.0321. The van der Waals surface area contributed by atoms with Crippen LogP contribution in [0.5, 0.6) is 5.75 Å². The Balaban J connectivity index is 1.93. The van der Waals surface area contributed by atoms with Crippen molar-refractivity contribution in [2.45, 2.75) is 47.3 Å². The summed E-state index contributed by atoms with van der Waals surface area (Å²) in [6.45, 7) is 12.5. The van der Waals surface area contributed by atoms with E-state index in [9.17, 15) is 13.2 Å². The predicted molar refractivity (Wildman–Crippen MR) is 125 cm³/mol. The molecule has 31 heavy (non-hydrogen) atoms. The van der Waals surface area contributed by atoms with Gasteiger partial charge in [-0.25, -0.2) is 8.42 Å². The van der Waals surface area contributed by atoms with Crippen LogP contribution in [0.15, 0.2) is 36.4 Å². The van der Waals surface area contributed by atoms with E-state index in [4.69, 9.17) is 4.74 Å². The molecule has 0 radical (unpaired) electrons. The fraction of sp³-hybridized carbons (Fsp3) is 0.458. The molecule has 0 saturated heterocycles. The molecule has 1 aliphatic heterocycles.